The molecule has 15 heavy (non-hydrogen) atoms. The molecule has 2 nitrogen and oxygen atoms in total. The van der Waals surface area contributed by atoms with Gasteiger partial charge in [0, 0.05) is 12.0 Å². The lowest BCUT2D eigenvalue weighted by atomic mass is 10.1. The van der Waals surface area contributed by atoms with Crippen molar-refractivity contribution in [1.29, 1.82) is 0 Å². The van der Waals surface area contributed by atoms with Gasteiger partial charge in [-0.3, -0.25) is 4.79 Å². The molecule has 0 spiro atoms. The summed E-state index contributed by atoms with van der Waals surface area (Å²) < 4.78 is 5.62. The lowest BCUT2D eigenvalue weighted by Gasteiger charge is -2.12. The first-order chi connectivity index (χ1) is 7.17. The number of hydrogen-bond donors (Lipinski definition) is 0. The first-order valence-corrected chi connectivity index (χ1v) is 5.47. The van der Waals surface area contributed by atoms with Crippen LogP contribution in [-0.4, -0.2) is 11.9 Å². The first kappa shape index (κ1) is 11.8. The second kappa shape index (κ2) is 5.54. The number of hydrogen-bond acceptors (Lipinski definition) is 2. The summed E-state index contributed by atoms with van der Waals surface area (Å²) in [4.78, 5) is 11.4. The molecular formula is C13H18O2. The zero-order chi connectivity index (χ0) is 11.3. The Morgan fingerprint density at radius 3 is 2.33 bits per heavy atom. The molecule has 0 aliphatic rings. The molecule has 0 aliphatic heterocycles. The second-order valence-electron chi connectivity index (χ2n) is 3.64. The van der Waals surface area contributed by atoms with E-state index in [4.69, 9.17) is 4.74 Å². The summed E-state index contributed by atoms with van der Waals surface area (Å²) in [6.07, 6.45) is 1.75. The van der Waals surface area contributed by atoms with Crippen LogP contribution in [0.1, 0.15) is 44.0 Å². The lowest BCUT2D eigenvalue weighted by Crippen LogP contribution is -2.09. The van der Waals surface area contributed by atoms with Gasteiger partial charge in [-0.15, -0.1) is 0 Å². The van der Waals surface area contributed by atoms with E-state index < -0.39 is 0 Å². The van der Waals surface area contributed by atoms with Crippen molar-refractivity contribution in [3.8, 4) is 5.75 Å². The van der Waals surface area contributed by atoms with E-state index in [-0.39, 0.29) is 11.9 Å². The summed E-state index contributed by atoms with van der Waals surface area (Å²) in [7, 11) is 0. The van der Waals surface area contributed by atoms with Gasteiger partial charge in [0.2, 0.25) is 0 Å². The predicted octanol–water partition coefficient (Wildman–Crippen LogP) is 3.46. The molecule has 1 rings (SSSR count). The smallest absolute Gasteiger partial charge is 0.162 e. The van der Waals surface area contributed by atoms with Crippen LogP contribution < -0.4 is 4.74 Å². The van der Waals surface area contributed by atoms with E-state index in [1.807, 2.05) is 38.1 Å². The average Bonchev–Trinajstić information content (AvgIpc) is 2.29. The van der Waals surface area contributed by atoms with Crippen molar-refractivity contribution >= 4 is 5.78 Å². The summed E-state index contributed by atoms with van der Waals surface area (Å²) in [5.74, 6) is 1.00. The van der Waals surface area contributed by atoms with Crippen LogP contribution in [0.25, 0.3) is 0 Å². The van der Waals surface area contributed by atoms with Crippen molar-refractivity contribution < 1.29 is 9.53 Å². The van der Waals surface area contributed by atoms with Gasteiger partial charge >= 0.3 is 0 Å². The highest BCUT2D eigenvalue weighted by Gasteiger charge is 2.04. The molecule has 2 heteroatoms. The molecule has 0 radical (unpaired) electrons. The maximum atomic E-state index is 11.4. The van der Waals surface area contributed by atoms with Gasteiger partial charge in [-0.2, -0.15) is 0 Å². The van der Waals surface area contributed by atoms with Crippen molar-refractivity contribution in [3.63, 3.8) is 0 Å². The Bertz CT molecular complexity index is 314. The van der Waals surface area contributed by atoms with Gasteiger partial charge in [0.05, 0.1) is 6.10 Å². The fourth-order valence-corrected chi connectivity index (χ4v) is 1.24. The zero-order valence-corrected chi connectivity index (χ0v) is 9.62. The van der Waals surface area contributed by atoms with Crippen LogP contribution in [0.3, 0.4) is 0 Å². The van der Waals surface area contributed by atoms with E-state index in [1.54, 1.807) is 0 Å². The third-order valence-electron chi connectivity index (χ3n) is 2.41. The molecule has 1 atom stereocenters. The molecule has 0 amide bonds. The Morgan fingerprint density at radius 2 is 1.87 bits per heavy atom. The van der Waals surface area contributed by atoms with E-state index in [9.17, 15) is 4.79 Å². The van der Waals surface area contributed by atoms with Crippen LogP contribution in [-0.2, 0) is 0 Å². The number of carbonyl (C=O) groups excluding carboxylic acids is 1. The quantitative estimate of drug-likeness (QED) is 0.690. The van der Waals surface area contributed by atoms with Crippen LogP contribution in [0.5, 0.6) is 5.75 Å². The van der Waals surface area contributed by atoms with E-state index in [0.29, 0.717) is 6.42 Å². The summed E-state index contributed by atoms with van der Waals surface area (Å²) in [6.45, 7) is 5.98. The van der Waals surface area contributed by atoms with Crippen molar-refractivity contribution in [2.24, 2.45) is 0 Å². The molecule has 0 aliphatic carbocycles. The lowest BCUT2D eigenvalue weighted by molar-refractivity contribution is 0.0988. The third kappa shape index (κ3) is 3.39. The maximum absolute atomic E-state index is 11.4. The van der Waals surface area contributed by atoms with Crippen LogP contribution in [0.2, 0.25) is 0 Å². The summed E-state index contributed by atoms with van der Waals surface area (Å²) in [5, 5.41) is 0. The summed E-state index contributed by atoms with van der Waals surface area (Å²) in [5.41, 5.74) is 0.758. The number of ketones is 1. The largest absolute Gasteiger partial charge is 0.491 e. The minimum Gasteiger partial charge on any atom is -0.491 e. The molecule has 1 aromatic rings. The molecule has 0 aromatic heterocycles. The van der Waals surface area contributed by atoms with Crippen molar-refractivity contribution in [3.05, 3.63) is 29.8 Å². The molecule has 0 N–H and O–H groups in total. The normalized spacial score (nSPS) is 12.2. The van der Waals surface area contributed by atoms with Gasteiger partial charge in [-0.25, -0.2) is 0 Å². The van der Waals surface area contributed by atoms with Gasteiger partial charge in [-0.05, 0) is 37.6 Å². The Labute approximate surface area is 91.3 Å². The Hall–Kier alpha value is -1.31. The molecule has 82 valence electrons. The van der Waals surface area contributed by atoms with E-state index >= 15 is 0 Å². The molecule has 1 aromatic carbocycles. The second-order valence-corrected chi connectivity index (χ2v) is 3.64. The first-order valence-electron chi connectivity index (χ1n) is 5.47. The Balaban J connectivity index is 2.68. The average molecular weight is 206 g/mol. The van der Waals surface area contributed by atoms with Gasteiger partial charge in [0.15, 0.2) is 5.78 Å². The maximum Gasteiger partial charge on any atom is 0.162 e. The van der Waals surface area contributed by atoms with Crippen molar-refractivity contribution in [1.82, 2.24) is 0 Å². The van der Waals surface area contributed by atoms with Crippen molar-refractivity contribution in [2.75, 3.05) is 0 Å². The molecular weight excluding hydrogens is 188 g/mol. The van der Waals surface area contributed by atoms with Gasteiger partial charge < -0.3 is 4.74 Å². The van der Waals surface area contributed by atoms with Crippen LogP contribution in [0.4, 0.5) is 0 Å². The topological polar surface area (TPSA) is 26.3 Å². The number of Topliss-reactive ketones (excluding diaryl/α,β-unsaturated/α-hetero) is 1. The fourth-order valence-electron chi connectivity index (χ4n) is 1.24. The monoisotopic (exact) mass is 206 g/mol. The van der Waals surface area contributed by atoms with E-state index in [1.165, 1.54) is 0 Å². The number of carbonyl (C=O) groups is 1. The Kier molecular flexibility index (Phi) is 4.35. The number of rotatable bonds is 5. The Morgan fingerprint density at radius 1 is 1.27 bits per heavy atom. The van der Waals surface area contributed by atoms with Crippen LogP contribution >= 0.6 is 0 Å². The fraction of sp³-hybridized carbons (Fsp3) is 0.462. The minimum absolute atomic E-state index is 0.171. The molecule has 0 heterocycles. The highest BCUT2D eigenvalue weighted by Crippen LogP contribution is 2.15. The molecule has 0 saturated heterocycles. The van der Waals surface area contributed by atoms with Crippen LogP contribution in [0.15, 0.2) is 24.3 Å². The number of benzene rings is 1. The molecule has 0 saturated carbocycles. The van der Waals surface area contributed by atoms with E-state index in [2.05, 4.69) is 6.92 Å². The SMILES string of the molecule is CCC(=O)c1ccc(OC(C)CC)cc1. The van der Waals surface area contributed by atoms with Crippen LogP contribution in [0, 0.1) is 0 Å². The molecule has 1 unspecified atom stereocenters. The zero-order valence-electron chi connectivity index (χ0n) is 9.62. The molecule has 0 fully saturated rings. The van der Waals surface area contributed by atoms with Gasteiger partial charge in [0.1, 0.15) is 5.75 Å². The van der Waals surface area contributed by atoms with Gasteiger partial charge in [-0.1, -0.05) is 13.8 Å². The minimum atomic E-state index is 0.171. The highest BCUT2D eigenvalue weighted by molar-refractivity contribution is 5.95. The summed E-state index contributed by atoms with van der Waals surface area (Å²) in [6, 6.07) is 7.36. The predicted molar refractivity (Wildman–Crippen MR) is 61.4 cm³/mol. The van der Waals surface area contributed by atoms with Gasteiger partial charge in [0.25, 0.3) is 0 Å². The standard InChI is InChI=1S/C13H18O2/c1-4-10(3)15-12-8-6-11(7-9-12)13(14)5-2/h6-10H,4-5H2,1-3H3. The van der Waals surface area contributed by atoms with E-state index in [0.717, 1.165) is 17.7 Å². The third-order valence-corrected chi connectivity index (χ3v) is 2.41. The summed E-state index contributed by atoms with van der Waals surface area (Å²) >= 11 is 0. The highest BCUT2D eigenvalue weighted by atomic mass is 16.5. The van der Waals surface area contributed by atoms with Crippen molar-refractivity contribution in [2.45, 2.75) is 39.7 Å². The molecule has 0 bridgehead atoms. The number of ether oxygens (including phenoxy) is 1.